The Morgan fingerprint density at radius 2 is 1.78 bits per heavy atom. The molecule has 114 valence electrons. The Bertz CT molecular complexity index is 826. The highest BCUT2D eigenvalue weighted by Crippen LogP contribution is 2.21. The minimum atomic E-state index is -0.420. The molecular weight excluding hydrogens is 286 g/mol. The summed E-state index contributed by atoms with van der Waals surface area (Å²) >= 11 is 0. The Morgan fingerprint density at radius 3 is 2.39 bits per heavy atom. The van der Waals surface area contributed by atoms with Crippen LogP contribution in [0, 0.1) is 11.3 Å². The lowest BCUT2D eigenvalue weighted by Gasteiger charge is -2.09. The summed E-state index contributed by atoms with van der Waals surface area (Å²) in [5.41, 5.74) is 4.32. The van der Waals surface area contributed by atoms with Crippen LogP contribution in [0.4, 0.5) is 0 Å². The van der Waals surface area contributed by atoms with Gasteiger partial charge in [-0.05, 0) is 42.3 Å². The lowest BCUT2D eigenvalue weighted by atomic mass is 10.1. The van der Waals surface area contributed by atoms with Crippen molar-refractivity contribution in [2.75, 3.05) is 0 Å². The van der Waals surface area contributed by atoms with Crippen LogP contribution in [0.5, 0.6) is 0 Å². The summed E-state index contributed by atoms with van der Waals surface area (Å²) in [6.45, 7) is 1.95. The standard InChI is InChI=1S/C19H17N3O/c1-2-19(23)16-7-9-17(10-8-16)22-12-11-18(21-22)15-5-3-14(13-20)4-6-15/h3-12,19,23H,2H2,1H3. The molecule has 0 saturated carbocycles. The Balaban J connectivity index is 1.85. The third-order valence-corrected chi connectivity index (χ3v) is 3.83. The Hall–Kier alpha value is -2.90. The largest absolute Gasteiger partial charge is 0.388 e. The topological polar surface area (TPSA) is 61.8 Å². The lowest BCUT2D eigenvalue weighted by Crippen LogP contribution is -1.98. The molecule has 4 heteroatoms. The number of nitriles is 1. The summed E-state index contributed by atoms with van der Waals surface area (Å²) in [7, 11) is 0. The van der Waals surface area contributed by atoms with Gasteiger partial charge in [-0.15, -0.1) is 0 Å². The summed E-state index contributed by atoms with van der Waals surface area (Å²) in [6, 6.07) is 19.2. The highest BCUT2D eigenvalue weighted by molar-refractivity contribution is 5.60. The van der Waals surface area contributed by atoms with Crippen molar-refractivity contribution in [3.05, 3.63) is 71.9 Å². The average Bonchev–Trinajstić information content (AvgIpc) is 3.11. The molecule has 1 unspecified atom stereocenters. The number of benzene rings is 2. The van der Waals surface area contributed by atoms with Crippen LogP contribution in [0.25, 0.3) is 16.9 Å². The third kappa shape index (κ3) is 3.15. The second-order valence-corrected chi connectivity index (χ2v) is 5.35. The van der Waals surface area contributed by atoms with E-state index < -0.39 is 6.10 Å². The SMILES string of the molecule is CCC(O)c1ccc(-n2ccc(-c3ccc(C#N)cc3)n2)cc1. The van der Waals surface area contributed by atoms with Crippen LogP contribution in [0.2, 0.25) is 0 Å². The van der Waals surface area contributed by atoms with Crippen molar-refractivity contribution in [1.82, 2.24) is 9.78 Å². The summed E-state index contributed by atoms with van der Waals surface area (Å²) in [5, 5.41) is 23.3. The molecule has 3 aromatic rings. The minimum absolute atomic E-state index is 0.420. The van der Waals surface area contributed by atoms with Gasteiger partial charge in [-0.1, -0.05) is 31.2 Å². The van der Waals surface area contributed by atoms with Gasteiger partial charge in [0, 0.05) is 11.8 Å². The molecule has 0 saturated heterocycles. The maximum absolute atomic E-state index is 9.84. The van der Waals surface area contributed by atoms with E-state index in [0.717, 1.165) is 22.5 Å². The molecular formula is C19H17N3O. The quantitative estimate of drug-likeness (QED) is 0.796. The maximum atomic E-state index is 9.84. The number of nitrogens with zero attached hydrogens (tertiary/aromatic N) is 3. The number of hydrogen-bond acceptors (Lipinski definition) is 3. The fourth-order valence-electron chi connectivity index (χ4n) is 2.42. The molecule has 1 atom stereocenters. The first-order valence-corrected chi connectivity index (χ1v) is 7.56. The van der Waals surface area contributed by atoms with Crippen molar-refractivity contribution in [2.24, 2.45) is 0 Å². The van der Waals surface area contributed by atoms with Gasteiger partial charge in [0.1, 0.15) is 0 Å². The Kier molecular flexibility index (Phi) is 4.22. The van der Waals surface area contributed by atoms with Crippen molar-refractivity contribution in [2.45, 2.75) is 19.4 Å². The molecule has 0 aliphatic heterocycles. The van der Waals surface area contributed by atoms with Crippen LogP contribution >= 0.6 is 0 Å². The van der Waals surface area contributed by atoms with E-state index in [1.807, 2.05) is 55.6 Å². The van der Waals surface area contributed by atoms with Gasteiger partial charge in [0.25, 0.3) is 0 Å². The first-order valence-electron chi connectivity index (χ1n) is 7.56. The molecule has 0 aliphatic rings. The molecule has 0 bridgehead atoms. The predicted molar refractivity (Wildman–Crippen MR) is 89.0 cm³/mol. The van der Waals surface area contributed by atoms with Gasteiger partial charge in [0.05, 0.1) is 29.1 Å². The van der Waals surface area contributed by atoms with E-state index >= 15 is 0 Å². The monoisotopic (exact) mass is 303 g/mol. The zero-order valence-electron chi connectivity index (χ0n) is 12.8. The van der Waals surface area contributed by atoms with Gasteiger partial charge < -0.3 is 5.11 Å². The fraction of sp³-hybridized carbons (Fsp3) is 0.158. The highest BCUT2D eigenvalue weighted by atomic mass is 16.3. The van der Waals surface area contributed by atoms with Crippen molar-refractivity contribution in [3.63, 3.8) is 0 Å². The average molecular weight is 303 g/mol. The Morgan fingerprint density at radius 1 is 1.09 bits per heavy atom. The zero-order valence-corrected chi connectivity index (χ0v) is 12.8. The molecule has 23 heavy (non-hydrogen) atoms. The summed E-state index contributed by atoms with van der Waals surface area (Å²) in [4.78, 5) is 0. The van der Waals surface area contributed by atoms with Crippen LogP contribution < -0.4 is 0 Å². The van der Waals surface area contributed by atoms with Gasteiger partial charge >= 0.3 is 0 Å². The summed E-state index contributed by atoms with van der Waals surface area (Å²) in [5.74, 6) is 0. The molecule has 0 aliphatic carbocycles. The van der Waals surface area contributed by atoms with Crippen LogP contribution in [0.3, 0.4) is 0 Å². The van der Waals surface area contributed by atoms with Gasteiger partial charge in [0.2, 0.25) is 0 Å². The molecule has 0 amide bonds. The van der Waals surface area contributed by atoms with E-state index in [4.69, 9.17) is 5.26 Å². The number of rotatable bonds is 4. The summed E-state index contributed by atoms with van der Waals surface area (Å²) in [6.07, 6.45) is 2.18. The first kappa shape index (κ1) is 15.0. The van der Waals surface area contributed by atoms with E-state index in [2.05, 4.69) is 11.2 Å². The van der Waals surface area contributed by atoms with E-state index in [-0.39, 0.29) is 0 Å². The first-order chi connectivity index (χ1) is 11.2. The lowest BCUT2D eigenvalue weighted by molar-refractivity contribution is 0.173. The second kappa shape index (κ2) is 6.47. The molecule has 0 fully saturated rings. The second-order valence-electron chi connectivity index (χ2n) is 5.35. The summed E-state index contributed by atoms with van der Waals surface area (Å²) < 4.78 is 1.80. The number of aliphatic hydroxyl groups is 1. The molecule has 0 radical (unpaired) electrons. The third-order valence-electron chi connectivity index (χ3n) is 3.83. The molecule has 1 N–H and O–H groups in total. The van der Waals surface area contributed by atoms with Crippen LogP contribution in [-0.2, 0) is 0 Å². The van der Waals surface area contributed by atoms with E-state index in [1.165, 1.54) is 0 Å². The zero-order chi connectivity index (χ0) is 16.2. The van der Waals surface area contributed by atoms with Gasteiger partial charge in [0.15, 0.2) is 0 Å². The fourth-order valence-corrected chi connectivity index (χ4v) is 2.42. The van der Waals surface area contributed by atoms with E-state index in [0.29, 0.717) is 12.0 Å². The molecule has 1 heterocycles. The highest BCUT2D eigenvalue weighted by Gasteiger charge is 2.07. The van der Waals surface area contributed by atoms with Gasteiger partial charge in [-0.3, -0.25) is 0 Å². The number of aromatic nitrogens is 2. The smallest absolute Gasteiger partial charge is 0.0991 e. The van der Waals surface area contributed by atoms with Crippen molar-refractivity contribution in [1.29, 1.82) is 5.26 Å². The molecule has 0 spiro atoms. The predicted octanol–water partition coefficient (Wildman–Crippen LogP) is 3.85. The van der Waals surface area contributed by atoms with Crippen LogP contribution in [-0.4, -0.2) is 14.9 Å². The number of hydrogen-bond donors (Lipinski definition) is 1. The van der Waals surface area contributed by atoms with Crippen LogP contribution in [0.15, 0.2) is 60.8 Å². The van der Waals surface area contributed by atoms with Gasteiger partial charge in [-0.25, -0.2) is 4.68 Å². The van der Waals surface area contributed by atoms with Crippen molar-refractivity contribution < 1.29 is 5.11 Å². The van der Waals surface area contributed by atoms with E-state index in [9.17, 15) is 5.11 Å². The Labute approximate surface area is 135 Å². The van der Waals surface area contributed by atoms with Gasteiger partial charge in [-0.2, -0.15) is 10.4 Å². The van der Waals surface area contributed by atoms with E-state index in [1.54, 1.807) is 16.8 Å². The normalized spacial score (nSPS) is 11.9. The van der Waals surface area contributed by atoms with Crippen molar-refractivity contribution >= 4 is 0 Å². The molecule has 1 aromatic heterocycles. The minimum Gasteiger partial charge on any atom is -0.388 e. The van der Waals surface area contributed by atoms with Crippen LogP contribution in [0.1, 0.15) is 30.6 Å². The molecule has 2 aromatic carbocycles. The van der Waals surface area contributed by atoms with Crippen molar-refractivity contribution in [3.8, 4) is 23.0 Å². The molecule has 4 nitrogen and oxygen atoms in total. The maximum Gasteiger partial charge on any atom is 0.0991 e. The number of aliphatic hydroxyl groups excluding tert-OH is 1. The molecule has 3 rings (SSSR count).